The topological polar surface area (TPSA) is 59.1 Å². The van der Waals surface area contributed by atoms with Crippen LogP contribution in [0.3, 0.4) is 0 Å². The summed E-state index contributed by atoms with van der Waals surface area (Å²) in [4.78, 5) is 8.51. The van der Waals surface area contributed by atoms with Crippen LogP contribution in [0.15, 0.2) is 30.5 Å². The van der Waals surface area contributed by atoms with Crippen LogP contribution in [0.4, 0.5) is 17.5 Å². The van der Waals surface area contributed by atoms with Crippen LogP contribution in [0.2, 0.25) is 0 Å². The lowest BCUT2D eigenvalue weighted by atomic mass is 10.3. The molecule has 2 rings (SSSR count). The molecular formula is C13H16N4O. The van der Waals surface area contributed by atoms with Gasteiger partial charge in [0, 0.05) is 24.5 Å². The molecular weight excluding hydrogens is 228 g/mol. The van der Waals surface area contributed by atoms with Gasteiger partial charge in [0.2, 0.25) is 5.95 Å². The maximum Gasteiger partial charge on any atom is 0.224 e. The smallest absolute Gasteiger partial charge is 0.224 e. The van der Waals surface area contributed by atoms with Crippen molar-refractivity contribution >= 4 is 17.5 Å². The molecule has 0 aliphatic carbocycles. The van der Waals surface area contributed by atoms with E-state index in [1.165, 1.54) is 0 Å². The van der Waals surface area contributed by atoms with E-state index in [2.05, 4.69) is 20.6 Å². The first-order valence-electron chi connectivity index (χ1n) is 5.65. The van der Waals surface area contributed by atoms with Gasteiger partial charge in [-0.1, -0.05) is 0 Å². The number of methoxy groups -OCH3 is 1. The number of anilines is 3. The second kappa shape index (κ2) is 5.35. The van der Waals surface area contributed by atoms with E-state index in [-0.39, 0.29) is 0 Å². The summed E-state index contributed by atoms with van der Waals surface area (Å²) in [5.74, 6) is 2.21. The number of aromatic nitrogens is 2. The van der Waals surface area contributed by atoms with E-state index >= 15 is 0 Å². The summed E-state index contributed by atoms with van der Waals surface area (Å²) in [6.45, 7) is 1.96. The van der Waals surface area contributed by atoms with Crippen molar-refractivity contribution in [2.75, 3.05) is 24.8 Å². The van der Waals surface area contributed by atoms with Gasteiger partial charge < -0.3 is 15.4 Å². The fraction of sp³-hybridized carbons (Fsp3) is 0.231. The van der Waals surface area contributed by atoms with Crippen molar-refractivity contribution in [3.63, 3.8) is 0 Å². The Morgan fingerprint density at radius 1 is 1.17 bits per heavy atom. The summed E-state index contributed by atoms with van der Waals surface area (Å²) in [5, 5.41) is 6.17. The van der Waals surface area contributed by atoms with Crippen LogP contribution in [0.5, 0.6) is 5.75 Å². The minimum absolute atomic E-state index is 0.594. The molecule has 5 heteroatoms. The Bertz CT molecular complexity index is 525. The van der Waals surface area contributed by atoms with Crippen LogP contribution in [-0.2, 0) is 0 Å². The van der Waals surface area contributed by atoms with Gasteiger partial charge in [-0.3, -0.25) is 0 Å². The van der Waals surface area contributed by atoms with Gasteiger partial charge in [0.05, 0.1) is 7.11 Å². The summed E-state index contributed by atoms with van der Waals surface area (Å²) < 4.78 is 5.12. The Kier molecular flexibility index (Phi) is 3.62. The number of rotatable bonds is 4. The minimum atomic E-state index is 0.594. The van der Waals surface area contributed by atoms with Crippen LogP contribution in [-0.4, -0.2) is 24.1 Å². The van der Waals surface area contributed by atoms with Crippen molar-refractivity contribution in [2.24, 2.45) is 0 Å². The van der Waals surface area contributed by atoms with Crippen molar-refractivity contribution in [1.82, 2.24) is 9.97 Å². The van der Waals surface area contributed by atoms with Crippen molar-refractivity contribution in [2.45, 2.75) is 6.92 Å². The van der Waals surface area contributed by atoms with E-state index in [0.29, 0.717) is 5.95 Å². The first-order chi connectivity index (χ1) is 8.72. The molecule has 0 atom stereocenters. The molecule has 1 heterocycles. The Hall–Kier alpha value is -2.30. The van der Waals surface area contributed by atoms with Gasteiger partial charge in [-0.2, -0.15) is 4.98 Å². The normalized spacial score (nSPS) is 9.94. The van der Waals surface area contributed by atoms with Gasteiger partial charge in [0.1, 0.15) is 11.6 Å². The molecule has 5 nitrogen and oxygen atoms in total. The summed E-state index contributed by atoms with van der Waals surface area (Å²) in [6.07, 6.45) is 1.78. The number of benzene rings is 1. The molecule has 0 bridgehead atoms. The minimum Gasteiger partial charge on any atom is -0.497 e. The van der Waals surface area contributed by atoms with E-state index in [0.717, 1.165) is 22.8 Å². The molecule has 0 radical (unpaired) electrons. The van der Waals surface area contributed by atoms with Gasteiger partial charge in [-0.05, 0) is 31.2 Å². The van der Waals surface area contributed by atoms with Crippen molar-refractivity contribution in [1.29, 1.82) is 0 Å². The van der Waals surface area contributed by atoms with Gasteiger partial charge in [0.15, 0.2) is 0 Å². The third kappa shape index (κ3) is 2.68. The van der Waals surface area contributed by atoms with Crippen LogP contribution < -0.4 is 15.4 Å². The molecule has 94 valence electrons. The van der Waals surface area contributed by atoms with E-state index in [9.17, 15) is 0 Å². The highest BCUT2D eigenvalue weighted by atomic mass is 16.5. The third-order valence-corrected chi connectivity index (χ3v) is 2.55. The Balaban J connectivity index is 2.21. The monoisotopic (exact) mass is 244 g/mol. The Morgan fingerprint density at radius 3 is 2.50 bits per heavy atom. The van der Waals surface area contributed by atoms with Crippen LogP contribution >= 0.6 is 0 Å². The fourth-order valence-corrected chi connectivity index (χ4v) is 1.50. The average Bonchev–Trinajstić information content (AvgIpc) is 2.42. The summed E-state index contributed by atoms with van der Waals surface area (Å²) >= 11 is 0. The molecule has 1 aromatic carbocycles. The standard InChI is InChI=1S/C13H16N4O/c1-9-8-15-13(14-2)17-12(9)16-10-4-6-11(18-3)7-5-10/h4-8H,1-3H3,(H2,14,15,16,17). The number of hydrogen-bond acceptors (Lipinski definition) is 5. The van der Waals surface area contributed by atoms with E-state index < -0.39 is 0 Å². The predicted octanol–water partition coefficient (Wildman–Crippen LogP) is 2.58. The zero-order chi connectivity index (χ0) is 13.0. The zero-order valence-electron chi connectivity index (χ0n) is 10.7. The van der Waals surface area contributed by atoms with Crippen molar-refractivity contribution < 1.29 is 4.74 Å². The molecule has 0 fully saturated rings. The SMILES string of the molecule is CNc1ncc(C)c(Nc2ccc(OC)cc2)n1. The molecule has 0 aliphatic heterocycles. The number of nitrogens with one attached hydrogen (secondary N) is 2. The lowest BCUT2D eigenvalue weighted by molar-refractivity contribution is 0.415. The molecule has 0 unspecified atom stereocenters. The predicted molar refractivity (Wildman–Crippen MR) is 72.6 cm³/mol. The molecule has 18 heavy (non-hydrogen) atoms. The number of hydrogen-bond donors (Lipinski definition) is 2. The molecule has 0 spiro atoms. The molecule has 2 N–H and O–H groups in total. The highest BCUT2D eigenvalue weighted by molar-refractivity contribution is 5.60. The van der Waals surface area contributed by atoms with Gasteiger partial charge in [-0.25, -0.2) is 4.98 Å². The first-order valence-corrected chi connectivity index (χ1v) is 5.65. The largest absolute Gasteiger partial charge is 0.497 e. The lowest BCUT2D eigenvalue weighted by Gasteiger charge is -2.10. The molecule has 0 saturated heterocycles. The average molecular weight is 244 g/mol. The number of nitrogens with zero attached hydrogens (tertiary/aromatic N) is 2. The maximum absolute atomic E-state index is 5.12. The van der Waals surface area contributed by atoms with Gasteiger partial charge in [-0.15, -0.1) is 0 Å². The third-order valence-electron chi connectivity index (χ3n) is 2.55. The lowest BCUT2D eigenvalue weighted by Crippen LogP contribution is -2.02. The molecule has 1 aromatic heterocycles. The van der Waals surface area contributed by atoms with E-state index in [4.69, 9.17) is 4.74 Å². The summed E-state index contributed by atoms with van der Waals surface area (Å²) in [7, 11) is 3.44. The van der Waals surface area contributed by atoms with Crippen molar-refractivity contribution in [3.05, 3.63) is 36.0 Å². The fourth-order valence-electron chi connectivity index (χ4n) is 1.50. The second-order valence-electron chi connectivity index (χ2n) is 3.83. The Morgan fingerprint density at radius 2 is 1.89 bits per heavy atom. The summed E-state index contributed by atoms with van der Waals surface area (Å²) in [6, 6.07) is 7.69. The van der Waals surface area contributed by atoms with Crippen LogP contribution in [0, 0.1) is 6.92 Å². The zero-order valence-corrected chi connectivity index (χ0v) is 10.7. The quantitative estimate of drug-likeness (QED) is 0.865. The van der Waals surface area contributed by atoms with Crippen LogP contribution in [0.25, 0.3) is 0 Å². The van der Waals surface area contributed by atoms with E-state index in [1.807, 2.05) is 31.2 Å². The van der Waals surface area contributed by atoms with Gasteiger partial charge >= 0.3 is 0 Å². The number of aryl methyl sites for hydroxylation is 1. The molecule has 2 aromatic rings. The van der Waals surface area contributed by atoms with E-state index in [1.54, 1.807) is 20.4 Å². The van der Waals surface area contributed by atoms with Crippen molar-refractivity contribution in [3.8, 4) is 5.75 Å². The highest BCUT2D eigenvalue weighted by Crippen LogP contribution is 2.21. The highest BCUT2D eigenvalue weighted by Gasteiger charge is 2.03. The number of ether oxygens (including phenoxy) is 1. The second-order valence-corrected chi connectivity index (χ2v) is 3.83. The molecule has 0 saturated carbocycles. The maximum atomic E-state index is 5.12. The molecule has 0 amide bonds. The Labute approximate surface area is 106 Å². The molecule has 0 aliphatic rings. The van der Waals surface area contributed by atoms with Crippen LogP contribution in [0.1, 0.15) is 5.56 Å². The van der Waals surface area contributed by atoms with Gasteiger partial charge in [0.25, 0.3) is 0 Å². The first kappa shape index (κ1) is 12.2. The summed E-state index contributed by atoms with van der Waals surface area (Å²) in [5.41, 5.74) is 1.95.